The maximum atomic E-state index is 13.8. The Morgan fingerprint density at radius 3 is 2.37 bits per heavy atom. The average Bonchev–Trinajstić information content (AvgIpc) is 2.89. The lowest BCUT2D eigenvalue weighted by Gasteiger charge is -2.26. The van der Waals surface area contributed by atoms with Gasteiger partial charge in [-0.1, -0.05) is 30.7 Å². The highest BCUT2D eigenvalue weighted by atomic mass is 19.1. The third-order valence-electron chi connectivity index (χ3n) is 6.63. The van der Waals surface area contributed by atoms with E-state index in [1.165, 1.54) is 31.4 Å². The summed E-state index contributed by atoms with van der Waals surface area (Å²) in [6.45, 7) is 3.80. The maximum absolute atomic E-state index is 13.8. The molecule has 1 heterocycles. The fourth-order valence-electron chi connectivity index (χ4n) is 4.75. The van der Waals surface area contributed by atoms with Crippen LogP contribution in [0, 0.1) is 5.82 Å². The second kappa shape index (κ2) is 10.3. The molecule has 1 fully saturated rings. The molecule has 0 aliphatic carbocycles. The number of carbonyl (C=O) groups excluding carboxylic acids is 1. The Balaban J connectivity index is 1.42. The van der Waals surface area contributed by atoms with Gasteiger partial charge in [-0.15, -0.1) is 0 Å². The van der Waals surface area contributed by atoms with Crippen LogP contribution in [0.2, 0.25) is 0 Å². The number of benzene rings is 4. The predicted molar refractivity (Wildman–Crippen MR) is 137 cm³/mol. The molecule has 0 spiro atoms. The summed E-state index contributed by atoms with van der Waals surface area (Å²) in [4.78, 5) is 16.2. The standard InChI is InChI=1S/C30H28FNO3/c31-24-9-4-21(5-10-24)27-14-8-23-20-25(33)11-15-28(23)29(27)30(34)22-6-12-26(13-7-22)35-19-18-32-16-2-1-3-17-32/h4-15,20,33H,1-3,16-19H2. The van der Waals surface area contributed by atoms with Gasteiger partial charge in [0.2, 0.25) is 0 Å². The van der Waals surface area contributed by atoms with Crippen LogP contribution in [0.3, 0.4) is 0 Å². The van der Waals surface area contributed by atoms with Gasteiger partial charge in [-0.3, -0.25) is 9.69 Å². The molecule has 0 aromatic heterocycles. The van der Waals surface area contributed by atoms with Crippen LogP contribution in [0.1, 0.15) is 35.2 Å². The minimum Gasteiger partial charge on any atom is -0.508 e. The summed E-state index contributed by atoms with van der Waals surface area (Å²) in [5.41, 5.74) is 2.53. The lowest BCUT2D eigenvalue weighted by molar-refractivity contribution is 0.104. The first-order valence-corrected chi connectivity index (χ1v) is 12.1. The van der Waals surface area contributed by atoms with Gasteiger partial charge in [0.1, 0.15) is 23.9 Å². The van der Waals surface area contributed by atoms with Gasteiger partial charge in [-0.25, -0.2) is 4.39 Å². The summed E-state index contributed by atoms with van der Waals surface area (Å²) in [7, 11) is 0. The topological polar surface area (TPSA) is 49.8 Å². The van der Waals surface area contributed by atoms with Crippen LogP contribution in [-0.4, -0.2) is 42.0 Å². The Kier molecular flexibility index (Phi) is 6.77. The van der Waals surface area contributed by atoms with Gasteiger partial charge in [-0.2, -0.15) is 0 Å². The van der Waals surface area contributed by atoms with E-state index >= 15 is 0 Å². The average molecular weight is 470 g/mol. The van der Waals surface area contributed by atoms with Crippen molar-refractivity contribution in [2.24, 2.45) is 0 Å². The highest BCUT2D eigenvalue weighted by Crippen LogP contribution is 2.34. The fourth-order valence-corrected chi connectivity index (χ4v) is 4.75. The van der Waals surface area contributed by atoms with Crippen LogP contribution in [0.4, 0.5) is 4.39 Å². The van der Waals surface area contributed by atoms with Crippen molar-refractivity contribution in [3.63, 3.8) is 0 Å². The molecule has 1 N–H and O–H groups in total. The monoisotopic (exact) mass is 469 g/mol. The lowest BCUT2D eigenvalue weighted by atomic mass is 9.89. The molecule has 5 rings (SSSR count). The number of piperidine rings is 1. The molecule has 5 heteroatoms. The summed E-state index contributed by atoms with van der Waals surface area (Å²) in [5.74, 6) is 0.403. The van der Waals surface area contributed by atoms with E-state index in [1.54, 1.807) is 42.5 Å². The van der Waals surface area contributed by atoms with E-state index in [2.05, 4.69) is 4.90 Å². The number of fused-ring (bicyclic) bond motifs is 1. The summed E-state index contributed by atoms with van der Waals surface area (Å²) in [5, 5.41) is 11.4. The third-order valence-corrected chi connectivity index (χ3v) is 6.63. The Bertz CT molecular complexity index is 1330. The number of aromatic hydroxyl groups is 1. The first-order valence-electron chi connectivity index (χ1n) is 12.1. The Morgan fingerprint density at radius 1 is 0.886 bits per heavy atom. The van der Waals surface area contributed by atoms with Gasteiger partial charge in [-0.05, 0) is 102 Å². The highest BCUT2D eigenvalue weighted by molar-refractivity contribution is 6.20. The van der Waals surface area contributed by atoms with E-state index < -0.39 is 0 Å². The van der Waals surface area contributed by atoms with Crippen molar-refractivity contribution < 1.29 is 19.0 Å². The number of halogens is 1. The smallest absolute Gasteiger partial charge is 0.194 e. The molecule has 0 bridgehead atoms. The molecule has 0 atom stereocenters. The molecular formula is C30H28FNO3. The van der Waals surface area contributed by atoms with Gasteiger partial charge >= 0.3 is 0 Å². The third kappa shape index (κ3) is 5.20. The van der Waals surface area contributed by atoms with Crippen LogP contribution in [0.15, 0.2) is 78.9 Å². The van der Waals surface area contributed by atoms with Gasteiger partial charge in [0, 0.05) is 17.7 Å². The SMILES string of the molecule is O=C(c1ccc(OCCN2CCCCC2)cc1)c1c(-c2ccc(F)cc2)ccc2cc(O)ccc12. The molecule has 0 saturated carbocycles. The molecule has 0 radical (unpaired) electrons. The normalized spacial score (nSPS) is 14.2. The molecule has 0 amide bonds. The van der Waals surface area contributed by atoms with Crippen molar-refractivity contribution in [2.45, 2.75) is 19.3 Å². The number of rotatable bonds is 7. The molecule has 35 heavy (non-hydrogen) atoms. The highest BCUT2D eigenvalue weighted by Gasteiger charge is 2.19. The summed E-state index contributed by atoms with van der Waals surface area (Å²) < 4.78 is 19.5. The van der Waals surface area contributed by atoms with Crippen molar-refractivity contribution in [1.82, 2.24) is 4.90 Å². The molecule has 1 aliphatic heterocycles. The largest absolute Gasteiger partial charge is 0.508 e. The van der Waals surface area contributed by atoms with Crippen molar-refractivity contribution >= 4 is 16.6 Å². The first-order chi connectivity index (χ1) is 17.1. The molecule has 4 aromatic rings. The van der Waals surface area contributed by atoms with Crippen LogP contribution >= 0.6 is 0 Å². The molecule has 0 unspecified atom stereocenters. The zero-order valence-corrected chi connectivity index (χ0v) is 19.5. The number of ketones is 1. The van der Waals surface area contributed by atoms with E-state index in [1.807, 2.05) is 24.3 Å². The van der Waals surface area contributed by atoms with Gasteiger partial charge in [0.25, 0.3) is 0 Å². The Labute approximate surface area is 204 Å². The number of likely N-dealkylation sites (tertiary alicyclic amines) is 1. The molecule has 1 aliphatic rings. The molecule has 178 valence electrons. The summed E-state index contributed by atoms with van der Waals surface area (Å²) in [6, 6.07) is 22.0. The number of nitrogens with zero attached hydrogens (tertiary/aromatic N) is 1. The van der Waals surface area contributed by atoms with E-state index in [-0.39, 0.29) is 17.3 Å². The van der Waals surface area contributed by atoms with E-state index in [4.69, 9.17) is 4.74 Å². The molecule has 1 saturated heterocycles. The number of phenols is 1. The Morgan fingerprint density at radius 2 is 1.63 bits per heavy atom. The molecule has 4 aromatic carbocycles. The van der Waals surface area contributed by atoms with Gasteiger partial charge in [0.05, 0.1) is 0 Å². The molecular weight excluding hydrogens is 441 g/mol. The maximum Gasteiger partial charge on any atom is 0.194 e. The van der Waals surface area contributed by atoms with E-state index in [0.717, 1.165) is 47.3 Å². The Hall–Kier alpha value is -3.70. The fraction of sp³-hybridized carbons (Fsp3) is 0.233. The van der Waals surface area contributed by atoms with Crippen molar-refractivity contribution in [3.05, 3.63) is 95.8 Å². The van der Waals surface area contributed by atoms with E-state index in [0.29, 0.717) is 17.7 Å². The summed E-state index contributed by atoms with van der Waals surface area (Å²) >= 11 is 0. The number of hydrogen-bond donors (Lipinski definition) is 1. The lowest BCUT2D eigenvalue weighted by Crippen LogP contribution is -2.33. The number of carbonyl (C=O) groups is 1. The minimum absolute atomic E-state index is 0.136. The van der Waals surface area contributed by atoms with Crippen LogP contribution in [0.25, 0.3) is 21.9 Å². The zero-order valence-electron chi connectivity index (χ0n) is 19.5. The van der Waals surface area contributed by atoms with Crippen LogP contribution < -0.4 is 4.74 Å². The summed E-state index contributed by atoms with van der Waals surface area (Å²) in [6.07, 6.45) is 3.82. The van der Waals surface area contributed by atoms with Crippen LogP contribution in [0.5, 0.6) is 11.5 Å². The first kappa shape index (κ1) is 23.1. The quantitative estimate of drug-likeness (QED) is 0.316. The van der Waals surface area contributed by atoms with Crippen molar-refractivity contribution in [3.8, 4) is 22.6 Å². The van der Waals surface area contributed by atoms with Crippen molar-refractivity contribution in [1.29, 1.82) is 0 Å². The second-order valence-corrected chi connectivity index (χ2v) is 9.00. The minimum atomic E-state index is -0.330. The zero-order chi connectivity index (χ0) is 24.2. The number of ether oxygens (including phenoxy) is 1. The number of hydrogen-bond acceptors (Lipinski definition) is 4. The second-order valence-electron chi connectivity index (χ2n) is 9.00. The van der Waals surface area contributed by atoms with Gasteiger partial charge < -0.3 is 9.84 Å². The molecule has 4 nitrogen and oxygen atoms in total. The van der Waals surface area contributed by atoms with Gasteiger partial charge in [0.15, 0.2) is 5.78 Å². The van der Waals surface area contributed by atoms with Crippen LogP contribution in [-0.2, 0) is 0 Å². The van der Waals surface area contributed by atoms with Crippen molar-refractivity contribution in [2.75, 3.05) is 26.2 Å². The van der Waals surface area contributed by atoms with E-state index in [9.17, 15) is 14.3 Å². The number of phenolic OH excluding ortho intramolecular Hbond substituents is 1. The predicted octanol–water partition coefficient (Wildman–Crippen LogP) is 6.45.